The molecule has 0 bridgehead atoms. The van der Waals surface area contributed by atoms with Gasteiger partial charge in [0, 0.05) is 10.4 Å². The average molecular weight is 387 g/mol. The normalized spacial score (nSPS) is 14.5. The van der Waals surface area contributed by atoms with Gasteiger partial charge in [-0.25, -0.2) is 4.39 Å². The summed E-state index contributed by atoms with van der Waals surface area (Å²) in [5.74, 6) is -0.516. The fourth-order valence-electron chi connectivity index (χ4n) is 1.98. The number of rotatable bonds is 5. The molecular formula is C16H16BrFO3S. The molecule has 0 aliphatic rings. The third kappa shape index (κ3) is 4.15. The van der Waals surface area contributed by atoms with Gasteiger partial charge in [-0.3, -0.25) is 4.18 Å². The second-order valence-electron chi connectivity index (χ2n) is 5.05. The monoisotopic (exact) mass is 386 g/mol. The Morgan fingerprint density at radius 1 is 1.00 bits per heavy atom. The maximum absolute atomic E-state index is 12.9. The van der Waals surface area contributed by atoms with Crippen LogP contribution in [0, 0.1) is 5.82 Å². The van der Waals surface area contributed by atoms with E-state index in [2.05, 4.69) is 15.9 Å². The summed E-state index contributed by atoms with van der Waals surface area (Å²) >= 11 is 3.26. The van der Waals surface area contributed by atoms with Gasteiger partial charge in [-0.05, 0) is 48.9 Å². The average Bonchev–Trinajstić information content (AvgIpc) is 2.47. The lowest BCUT2D eigenvalue weighted by atomic mass is 9.97. The lowest BCUT2D eigenvalue weighted by molar-refractivity contribution is 0.202. The minimum Gasteiger partial charge on any atom is -0.263 e. The Bertz CT molecular complexity index is 727. The van der Waals surface area contributed by atoms with E-state index in [9.17, 15) is 12.8 Å². The Balaban J connectivity index is 2.14. The van der Waals surface area contributed by atoms with E-state index in [1.54, 1.807) is 31.2 Å². The summed E-state index contributed by atoms with van der Waals surface area (Å²) in [4.78, 5) is 0.105. The number of benzene rings is 2. The Morgan fingerprint density at radius 3 is 2.09 bits per heavy atom. The van der Waals surface area contributed by atoms with Gasteiger partial charge in [0.05, 0.1) is 11.0 Å². The van der Waals surface area contributed by atoms with Crippen molar-refractivity contribution >= 4 is 26.0 Å². The van der Waals surface area contributed by atoms with Gasteiger partial charge < -0.3 is 0 Å². The zero-order chi connectivity index (χ0) is 16.3. The molecule has 0 aliphatic carbocycles. The molecule has 0 saturated carbocycles. The molecule has 0 spiro atoms. The molecule has 6 heteroatoms. The van der Waals surface area contributed by atoms with Crippen molar-refractivity contribution in [2.45, 2.75) is 30.8 Å². The quantitative estimate of drug-likeness (QED) is 0.711. The van der Waals surface area contributed by atoms with Crippen molar-refractivity contribution in [3.63, 3.8) is 0 Å². The van der Waals surface area contributed by atoms with E-state index in [0.717, 1.165) is 10.0 Å². The van der Waals surface area contributed by atoms with Gasteiger partial charge in [-0.1, -0.05) is 35.0 Å². The van der Waals surface area contributed by atoms with Crippen LogP contribution in [0.5, 0.6) is 0 Å². The summed E-state index contributed by atoms with van der Waals surface area (Å²) in [5.41, 5.74) is 0.819. The van der Waals surface area contributed by atoms with E-state index in [0.29, 0.717) is 0 Å². The minimum absolute atomic E-state index is 0.105. The van der Waals surface area contributed by atoms with Crippen LogP contribution < -0.4 is 0 Å². The molecule has 2 rings (SSSR count). The fourth-order valence-corrected chi connectivity index (χ4v) is 3.39. The van der Waals surface area contributed by atoms with Crippen molar-refractivity contribution in [1.29, 1.82) is 0 Å². The summed E-state index contributed by atoms with van der Waals surface area (Å²) in [6, 6.07) is 12.2. The molecule has 2 aromatic rings. The van der Waals surface area contributed by atoms with Crippen molar-refractivity contribution in [3.05, 3.63) is 64.4 Å². The third-order valence-electron chi connectivity index (χ3n) is 3.48. The predicted octanol–water partition coefficient (Wildman–Crippen LogP) is 4.49. The first-order valence-electron chi connectivity index (χ1n) is 6.74. The van der Waals surface area contributed by atoms with E-state index >= 15 is 0 Å². The highest BCUT2D eigenvalue weighted by molar-refractivity contribution is 9.10. The molecular weight excluding hydrogens is 371 g/mol. The molecule has 0 heterocycles. The van der Waals surface area contributed by atoms with Crippen LogP contribution in [0.2, 0.25) is 0 Å². The van der Waals surface area contributed by atoms with Crippen molar-refractivity contribution in [3.8, 4) is 0 Å². The van der Waals surface area contributed by atoms with Crippen LogP contribution in [-0.2, 0) is 14.3 Å². The first kappa shape index (κ1) is 17.1. The van der Waals surface area contributed by atoms with Gasteiger partial charge in [0.15, 0.2) is 0 Å². The topological polar surface area (TPSA) is 43.4 Å². The second-order valence-corrected chi connectivity index (χ2v) is 7.54. The van der Waals surface area contributed by atoms with Gasteiger partial charge in [0.1, 0.15) is 5.82 Å². The first-order chi connectivity index (χ1) is 10.3. The van der Waals surface area contributed by atoms with Crippen LogP contribution >= 0.6 is 15.9 Å². The molecule has 0 amide bonds. The van der Waals surface area contributed by atoms with Gasteiger partial charge in [-0.15, -0.1) is 0 Å². The Kier molecular flexibility index (Phi) is 5.36. The first-order valence-corrected chi connectivity index (χ1v) is 8.94. The smallest absolute Gasteiger partial charge is 0.263 e. The lowest BCUT2D eigenvalue weighted by Gasteiger charge is -2.20. The molecule has 0 saturated heterocycles. The van der Waals surface area contributed by atoms with Crippen LogP contribution in [0.15, 0.2) is 57.9 Å². The number of halogens is 2. The molecule has 0 aromatic heterocycles. The summed E-state index contributed by atoms with van der Waals surface area (Å²) in [5, 5.41) is 0. The highest BCUT2D eigenvalue weighted by atomic mass is 79.9. The number of hydrogen-bond acceptors (Lipinski definition) is 3. The Hall–Kier alpha value is -1.24. The van der Waals surface area contributed by atoms with Crippen LogP contribution in [0.4, 0.5) is 4.39 Å². The van der Waals surface area contributed by atoms with Gasteiger partial charge >= 0.3 is 0 Å². The molecule has 2 aromatic carbocycles. The molecule has 0 radical (unpaired) electrons. The van der Waals surface area contributed by atoms with E-state index < -0.39 is 16.2 Å². The molecule has 0 aliphatic heterocycles. The van der Waals surface area contributed by atoms with Crippen molar-refractivity contribution in [2.75, 3.05) is 0 Å². The minimum atomic E-state index is -3.83. The van der Waals surface area contributed by atoms with E-state index in [1.165, 1.54) is 24.3 Å². The number of hydrogen-bond donors (Lipinski definition) is 0. The van der Waals surface area contributed by atoms with Crippen molar-refractivity contribution in [2.24, 2.45) is 0 Å². The second kappa shape index (κ2) is 6.89. The molecule has 0 N–H and O–H groups in total. The van der Waals surface area contributed by atoms with Crippen LogP contribution in [-0.4, -0.2) is 14.5 Å². The van der Waals surface area contributed by atoms with Crippen LogP contribution in [0.25, 0.3) is 0 Å². The Morgan fingerprint density at radius 2 is 1.55 bits per heavy atom. The summed E-state index contributed by atoms with van der Waals surface area (Å²) in [7, 11) is -3.83. The maximum atomic E-state index is 12.9. The maximum Gasteiger partial charge on any atom is 0.297 e. The van der Waals surface area contributed by atoms with E-state index in [1.807, 2.05) is 6.92 Å². The molecule has 2 atom stereocenters. The molecule has 0 fully saturated rings. The SMILES string of the molecule is C[C@@H](OS(=O)(=O)c1ccc(Br)cc1)[C@@H](C)c1ccc(F)cc1. The molecule has 22 heavy (non-hydrogen) atoms. The van der Waals surface area contributed by atoms with Crippen molar-refractivity contribution < 1.29 is 17.0 Å². The molecule has 118 valence electrons. The highest BCUT2D eigenvalue weighted by Gasteiger charge is 2.23. The van der Waals surface area contributed by atoms with E-state index in [4.69, 9.17) is 4.18 Å². The van der Waals surface area contributed by atoms with Crippen LogP contribution in [0.3, 0.4) is 0 Å². The van der Waals surface area contributed by atoms with Crippen molar-refractivity contribution in [1.82, 2.24) is 0 Å². The largest absolute Gasteiger partial charge is 0.297 e. The summed E-state index contributed by atoms with van der Waals surface area (Å²) in [6.45, 7) is 3.53. The fraction of sp³-hybridized carbons (Fsp3) is 0.250. The van der Waals surface area contributed by atoms with Gasteiger partial charge in [-0.2, -0.15) is 8.42 Å². The zero-order valence-corrected chi connectivity index (χ0v) is 14.6. The third-order valence-corrected chi connectivity index (χ3v) is 5.42. The highest BCUT2D eigenvalue weighted by Crippen LogP contribution is 2.25. The molecule has 0 unspecified atom stereocenters. The van der Waals surface area contributed by atoms with Gasteiger partial charge in [0.2, 0.25) is 0 Å². The molecule has 3 nitrogen and oxygen atoms in total. The Labute approximate surface area is 138 Å². The predicted molar refractivity (Wildman–Crippen MR) is 86.7 cm³/mol. The standard InChI is InChI=1S/C16H16BrFO3S/c1-11(13-3-7-15(18)8-4-13)12(2)21-22(19,20)16-9-5-14(17)6-10-16/h3-12H,1-2H3/t11-,12-/m1/s1. The van der Waals surface area contributed by atoms with Gasteiger partial charge in [0.25, 0.3) is 10.1 Å². The van der Waals surface area contributed by atoms with E-state index in [-0.39, 0.29) is 16.6 Å². The summed E-state index contributed by atoms with van der Waals surface area (Å²) < 4.78 is 43.5. The lowest BCUT2D eigenvalue weighted by Crippen LogP contribution is -2.21. The zero-order valence-electron chi connectivity index (χ0n) is 12.2. The summed E-state index contributed by atoms with van der Waals surface area (Å²) in [6.07, 6.45) is -0.570. The van der Waals surface area contributed by atoms with Crippen LogP contribution in [0.1, 0.15) is 25.3 Å².